The Kier molecular flexibility index (Phi) is 12.3. The van der Waals surface area contributed by atoms with Gasteiger partial charge in [0.25, 0.3) is 16.6 Å². The molecule has 0 N–H and O–H groups in total. The van der Waals surface area contributed by atoms with E-state index in [1.165, 1.54) is 20.7 Å². The van der Waals surface area contributed by atoms with Crippen LogP contribution in [0.15, 0.2) is 121 Å². The molecule has 1 aliphatic rings. The van der Waals surface area contributed by atoms with Crippen molar-refractivity contribution in [3.8, 4) is 0 Å². The van der Waals surface area contributed by atoms with Crippen LogP contribution < -0.4 is 20.7 Å². The molecule has 1 saturated heterocycles. The molecule has 0 saturated carbocycles. The first-order valence-corrected chi connectivity index (χ1v) is 21.7. The zero-order valence-electron chi connectivity index (χ0n) is 30.0. The zero-order chi connectivity index (χ0) is 34.1. The third-order valence-electron chi connectivity index (χ3n) is 9.83. The van der Waals surface area contributed by atoms with Crippen molar-refractivity contribution in [2.24, 2.45) is 0 Å². The average Bonchev–Trinajstić information content (AvgIpc) is 3.09. The van der Waals surface area contributed by atoms with E-state index in [1.807, 2.05) is 0 Å². The minimum absolute atomic E-state index is 0.0514. The molecule has 1 unspecified atom stereocenters. The predicted molar refractivity (Wildman–Crippen MR) is 205 cm³/mol. The highest BCUT2D eigenvalue weighted by Gasteiger charge is 2.51. The van der Waals surface area contributed by atoms with Gasteiger partial charge in [-0.15, -0.1) is 0 Å². The van der Waals surface area contributed by atoms with Crippen molar-refractivity contribution in [3.63, 3.8) is 0 Å². The summed E-state index contributed by atoms with van der Waals surface area (Å²) in [5, 5.41) is 5.03. The molecule has 5 rings (SSSR count). The van der Waals surface area contributed by atoms with Crippen molar-refractivity contribution >= 4 is 37.4 Å². The van der Waals surface area contributed by atoms with Crippen LogP contribution in [0.2, 0.25) is 10.1 Å². The zero-order valence-corrected chi connectivity index (χ0v) is 32.0. The molecule has 4 aromatic carbocycles. The summed E-state index contributed by atoms with van der Waals surface area (Å²) >= 11 is 0. The van der Waals surface area contributed by atoms with Gasteiger partial charge in [0.05, 0.1) is 6.10 Å². The van der Waals surface area contributed by atoms with Crippen molar-refractivity contribution < 1.29 is 18.3 Å². The highest BCUT2D eigenvalue weighted by atomic mass is 28.4. The molecule has 0 bridgehead atoms. The summed E-state index contributed by atoms with van der Waals surface area (Å²) < 4.78 is 27.5. The molecule has 4 nitrogen and oxygen atoms in total. The lowest BCUT2D eigenvalue weighted by Crippen LogP contribution is -2.67. The van der Waals surface area contributed by atoms with E-state index in [4.69, 9.17) is 18.3 Å². The van der Waals surface area contributed by atoms with E-state index >= 15 is 0 Å². The normalized spacial score (nSPS) is 16.3. The maximum absolute atomic E-state index is 7.31. The summed E-state index contributed by atoms with van der Waals surface area (Å²) in [5.74, 6) is 0. The Labute approximate surface area is 292 Å². The fourth-order valence-electron chi connectivity index (χ4n) is 7.52. The van der Waals surface area contributed by atoms with Gasteiger partial charge in [0.2, 0.25) is 0 Å². The molecule has 1 fully saturated rings. The molecular formula is C42H56O4Si2. The average molecular weight is 681 g/mol. The highest BCUT2D eigenvalue weighted by molar-refractivity contribution is 7.00. The van der Waals surface area contributed by atoms with Crippen molar-refractivity contribution in [1.29, 1.82) is 0 Å². The summed E-state index contributed by atoms with van der Waals surface area (Å²) in [5.41, 5.74) is 0. The molecule has 256 valence electrons. The second-order valence-electron chi connectivity index (χ2n) is 15.2. The molecule has 48 heavy (non-hydrogen) atoms. The van der Waals surface area contributed by atoms with Crippen molar-refractivity contribution in [3.05, 3.63) is 121 Å². The molecule has 1 heterocycles. The Morgan fingerprint density at radius 1 is 0.562 bits per heavy atom. The number of hydrogen-bond donors (Lipinski definition) is 0. The van der Waals surface area contributed by atoms with Crippen LogP contribution in [0.5, 0.6) is 0 Å². The lowest BCUT2D eigenvalue weighted by Gasteiger charge is -2.44. The van der Waals surface area contributed by atoms with Crippen molar-refractivity contribution in [2.75, 3.05) is 19.8 Å². The Morgan fingerprint density at radius 3 is 1.21 bits per heavy atom. The largest absolute Gasteiger partial charge is 0.407 e. The topological polar surface area (TPSA) is 36.9 Å². The van der Waals surface area contributed by atoms with Gasteiger partial charge >= 0.3 is 0 Å². The van der Waals surface area contributed by atoms with Crippen LogP contribution >= 0.6 is 0 Å². The summed E-state index contributed by atoms with van der Waals surface area (Å²) in [6, 6.07) is 43.6. The minimum atomic E-state index is -2.65. The van der Waals surface area contributed by atoms with Gasteiger partial charge in [0.15, 0.2) is 6.29 Å². The predicted octanol–water partition coefficient (Wildman–Crippen LogP) is 7.83. The Bertz CT molecular complexity index is 1310. The number of benzene rings is 4. The van der Waals surface area contributed by atoms with E-state index in [9.17, 15) is 0 Å². The monoisotopic (exact) mass is 680 g/mol. The van der Waals surface area contributed by atoms with Crippen LogP contribution in [0.3, 0.4) is 0 Å². The van der Waals surface area contributed by atoms with Crippen LogP contribution in [0.4, 0.5) is 0 Å². The molecule has 0 spiro atoms. The van der Waals surface area contributed by atoms with Gasteiger partial charge in [-0.1, -0.05) is 163 Å². The SMILES string of the molecule is CC(C)(C)[Si](OCCC(CCO[Si](c1ccccc1)(c1ccccc1)C(C)(C)C)OC1CCCCO1)(c1ccccc1)c1ccccc1. The molecular weight excluding hydrogens is 625 g/mol. The third-order valence-corrected chi connectivity index (χ3v) is 19.9. The number of hydrogen-bond acceptors (Lipinski definition) is 4. The number of ether oxygens (including phenoxy) is 2. The quantitative estimate of drug-likeness (QED) is 0.127. The third kappa shape index (κ3) is 8.12. The number of rotatable bonds is 14. The smallest absolute Gasteiger partial charge is 0.261 e. The lowest BCUT2D eigenvalue weighted by molar-refractivity contribution is -0.192. The van der Waals surface area contributed by atoms with E-state index in [-0.39, 0.29) is 22.5 Å². The summed E-state index contributed by atoms with van der Waals surface area (Å²) in [6.45, 7) is 16.0. The summed E-state index contributed by atoms with van der Waals surface area (Å²) in [6.07, 6.45) is 4.48. The molecule has 0 amide bonds. The summed E-state index contributed by atoms with van der Waals surface area (Å²) in [7, 11) is -5.31. The van der Waals surface area contributed by atoms with E-state index in [1.54, 1.807) is 0 Å². The Hall–Kier alpha value is -2.85. The van der Waals surface area contributed by atoms with Gasteiger partial charge in [-0.05, 0) is 62.9 Å². The fourth-order valence-corrected chi connectivity index (χ4v) is 16.7. The van der Waals surface area contributed by atoms with Crippen molar-refractivity contribution in [1.82, 2.24) is 0 Å². The maximum Gasteiger partial charge on any atom is 0.261 e. The van der Waals surface area contributed by atoms with Gasteiger partial charge in [-0.3, -0.25) is 0 Å². The molecule has 1 atom stereocenters. The van der Waals surface area contributed by atoms with Crippen LogP contribution in [-0.4, -0.2) is 48.8 Å². The van der Waals surface area contributed by atoms with Crippen LogP contribution in [-0.2, 0) is 18.3 Å². The Balaban J connectivity index is 1.41. The first kappa shape index (κ1) is 36.4. The standard InChI is InChI=1S/C42H56O4Si2/c1-41(2,3)47(36-21-11-7-12-22-36,37-23-13-8-14-24-37)44-33-30-35(46-40-29-19-20-32-43-40)31-34-45-48(42(4,5)6,38-25-15-9-16-26-38)39-27-17-10-18-28-39/h7-18,21-28,35,40H,19-20,29-34H2,1-6H3. The molecule has 0 aliphatic carbocycles. The molecule has 0 radical (unpaired) electrons. The second-order valence-corrected chi connectivity index (χ2v) is 23.8. The second kappa shape index (κ2) is 16.2. The molecule has 0 aromatic heterocycles. The van der Waals surface area contributed by atoms with Crippen molar-refractivity contribution in [2.45, 2.75) is 96.1 Å². The van der Waals surface area contributed by atoms with Gasteiger partial charge in [-0.25, -0.2) is 0 Å². The molecule has 6 heteroatoms. The molecule has 4 aromatic rings. The fraction of sp³-hybridized carbons (Fsp3) is 0.429. The highest BCUT2D eigenvalue weighted by Crippen LogP contribution is 2.38. The van der Waals surface area contributed by atoms with E-state index < -0.39 is 16.6 Å². The first-order valence-electron chi connectivity index (χ1n) is 17.8. The van der Waals surface area contributed by atoms with E-state index in [0.29, 0.717) is 13.2 Å². The maximum atomic E-state index is 7.31. The van der Waals surface area contributed by atoms with Gasteiger partial charge in [0.1, 0.15) is 0 Å². The van der Waals surface area contributed by atoms with Gasteiger partial charge < -0.3 is 18.3 Å². The first-order chi connectivity index (χ1) is 23.1. The van der Waals surface area contributed by atoms with Crippen LogP contribution in [0.1, 0.15) is 73.6 Å². The van der Waals surface area contributed by atoms with Crippen LogP contribution in [0, 0.1) is 0 Å². The van der Waals surface area contributed by atoms with Gasteiger partial charge in [0, 0.05) is 19.8 Å². The van der Waals surface area contributed by atoms with E-state index in [2.05, 4.69) is 163 Å². The van der Waals surface area contributed by atoms with Crippen LogP contribution in [0.25, 0.3) is 0 Å². The summed E-state index contributed by atoms with van der Waals surface area (Å²) in [4.78, 5) is 0. The lowest BCUT2D eigenvalue weighted by atomic mass is 10.1. The minimum Gasteiger partial charge on any atom is -0.407 e. The molecule has 1 aliphatic heterocycles. The van der Waals surface area contributed by atoms with Gasteiger partial charge in [-0.2, -0.15) is 0 Å². The Morgan fingerprint density at radius 2 is 0.917 bits per heavy atom. The van der Waals surface area contributed by atoms with E-state index in [0.717, 1.165) is 38.7 Å².